The van der Waals surface area contributed by atoms with Gasteiger partial charge in [-0.15, -0.1) is 0 Å². The molecule has 0 saturated carbocycles. The first-order valence-corrected chi connectivity index (χ1v) is 5.32. The van der Waals surface area contributed by atoms with E-state index in [0.29, 0.717) is 6.42 Å². The average Bonchev–Trinajstić information content (AvgIpc) is 2.65. The Morgan fingerprint density at radius 1 is 1.60 bits per heavy atom. The predicted molar refractivity (Wildman–Crippen MR) is 56.1 cm³/mol. The van der Waals surface area contributed by atoms with Crippen LogP contribution in [-0.4, -0.2) is 28.5 Å². The molecule has 0 aromatic carbocycles. The summed E-state index contributed by atoms with van der Waals surface area (Å²) in [5, 5.41) is 6.23. The van der Waals surface area contributed by atoms with Crippen LogP contribution in [-0.2, 0) is 11.3 Å². The Hall–Kier alpha value is -1.36. The summed E-state index contributed by atoms with van der Waals surface area (Å²) < 4.78 is 0. The van der Waals surface area contributed by atoms with Crippen molar-refractivity contribution in [2.45, 2.75) is 31.8 Å². The van der Waals surface area contributed by atoms with Crippen LogP contribution in [0.25, 0.3) is 0 Å². The first-order valence-electron chi connectivity index (χ1n) is 5.32. The zero-order valence-corrected chi connectivity index (χ0v) is 8.62. The van der Waals surface area contributed by atoms with Gasteiger partial charge in [0.05, 0.1) is 6.33 Å². The Kier molecular flexibility index (Phi) is 3.34. The summed E-state index contributed by atoms with van der Waals surface area (Å²) in [6.45, 7) is 1.55. The highest BCUT2D eigenvalue weighted by Crippen LogP contribution is 2.06. The van der Waals surface area contributed by atoms with E-state index < -0.39 is 0 Å². The molecule has 3 N–H and O–H groups in total. The first-order chi connectivity index (χ1) is 7.34. The molecule has 0 radical (unpaired) electrons. The molecule has 15 heavy (non-hydrogen) atoms. The van der Waals surface area contributed by atoms with E-state index in [-0.39, 0.29) is 11.9 Å². The summed E-state index contributed by atoms with van der Waals surface area (Å²) in [7, 11) is 0. The summed E-state index contributed by atoms with van der Waals surface area (Å²) in [4.78, 5) is 18.3. The third kappa shape index (κ3) is 3.06. The molecule has 0 spiro atoms. The lowest BCUT2D eigenvalue weighted by atomic mass is 10.1. The summed E-state index contributed by atoms with van der Waals surface area (Å²) in [5.74, 6) is 0.148. The van der Waals surface area contributed by atoms with Crippen molar-refractivity contribution in [3.05, 3.63) is 18.2 Å². The Balaban J connectivity index is 1.80. The molecule has 5 nitrogen and oxygen atoms in total. The zero-order valence-electron chi connectivity index (χ0n) is 8.62. The molecule has 1 aromatic rings. The number of imidazole rings is 1. The van der Waals surface area contributed by atoms with Gasteiger partial charge >= 0.3 is 0 Å². The lowest BCUT2D eigenvalue weighted by Gasteiger charge is -2.13. The molecule has 1 fully saturated rings. The summed E-state index contributed by atoms with van der Waals surface area (Å²) in [6, 6.07) is 0.288. The molecule has 0 bridgehead atoms. The molecule has 0 aliphatic carbocycles. The van der Waals surface area contributed by atoms with Crippen LogP contribution in [0.3, 0.4) is 0 Å². The van der Waals surface area contributed by atoms with Gasteiger partial charge in [-0.1, -0.05) is 0 Å². The van der Waals surface area contributed by atoms with Crippen LogP contribution in [0.2, 0.25) is 0 Å². The Morgan fingerprint density at radius 2 is 2.53 bits per heavy atom. The highest BCUT2D eigenvalue weighted by Gasteiger charge is 2.16. The second-order valence-electron chi connectivity index (χ2n) is 3.85. The Bertz CT molecular complexity index is 309. The van der Waals surface area contributed by atoms with Gasteiger partial charge in [-0.3, -0.25) is 4.79 Å². The van der Waals surface area contributed by atoms with Crippen LogP contribution in [0.15, 0.2) is 12.5 Å². The van der Waals surface area contributed by atoms with Gasteiger partial charge in [0.2, 0.25) is 5.91 Å². The summed E-state index contributed by atoms with van der Waals surface area (Å²) >= 11 is 0. The smallest absolute Gasteiger partial charge is 0.221 e. The maximum Gasteiger partial charge on any atom is 0.221 e. The summed E-state index contributed by atoms with van der Waals surface area (Å²) in [5.41, 5.74) is 1.06. The standard InChI is InChI=1S/C10H16N4O/c15-10-4-8(2-1-3-12-10)13-6-9-5-11-7-14-9/h5,7-8,13H,1-4,6H2,(H,11,14)(H,12,15). The quantitative estimate of drug-likeness (QED) is 0.663. The molecular weight excluding hydrogens is 192 g/mol. The van der Waals surface area contributed by atoms with Crippen LogP contribution in [0.4, 0.5) is 0 Å². The van der Waals surface area contributed by atoms with Crippen molar-refractivity contribution in [2.75, 3.05) is 6.54 Å². The van der Waals surface area contributed by atoms with Gasteiger partial charge in [-0.2, -0.15) is 0 Å². The Morgan fingerprint density at radius 3 is 3.33 bits per heavy atom. The highest BCUT2D eigenvalue weighted by atomic mass is 16.1. The minimum Gasteiger partial charge on any atom is -0.356 e. The predicted octanol–water partition coefficient (Wildman–Crippen LogP) is 0.168. The average molecular weight is 208 g/mol. The third-order valence-electron chi connectivity index (χ3n) is 2.62. The molecule has 1 aliphatic rings. The second-order valence-corrected chi connectivity index (χ2v) is 3.85. The van der Waals surface area contributed by atoms with Crippen LogP contribution in [0, 0.1) is 0 Å². The minimum atomic E-state index is 0.148. The molecule has 2 heterocycles. The van der Waals surface area contributed by atoms with Gasteiger partial charge < -0.3 is 15.6 Å². The Labute approximate surface area is 88.7 Å². The highest BCUT2D eigenvalue weighted by molar-refractivity contribution is 5.76. The van der Waals surface area contributed by atoms with Crippen molar-refractivity contribution >= 4 is 5.91 Å². The largest absolute Gasteiger partial charge is 0.356 e. The lowest BCUT2D eigenvalue weighted by molar-refractivity contribution is -0.121. The number of carbonyl (C=O) groups excluding carboxylic acids is 1. The number of aromatic amines is 1. The van der Waals surface area contributed by atoms with Crippen LogP contribution in [0.1, 0.15) is 25.0 Å². The maximum absolute atomic E-state index is 11.3. The fourth-order valence-electron chi connectivity index (χ4n) is 1.78. The van der Waals surface area contributed by atoms with Gasteiger partial charge in [-0.05, 0) is 12.8 Å². The fourth-order valence-corrected chi connectivity index (χ4v) is 1.78. The molecule has 5 heteroatoms. The van der Waals surface area contributed by atoms with E-state index in [2.05, 4.69) is 20.6 Å². The number of carbonyl (C=O) groups is 1. The van der Waals surface area contributed by atoms with Crippen LogP contribution < -0.4 is 10.6 Å². The first kappa shape index (κ1) is 10.2. The number of rotatable bonds is 3. The van der Waals surface area contributed by atoms with Gasteiger partial charge in [0.25, 0.3) is 0 Å². The minimum absolute atomic E-state index is 0.148. The third-order valence-corrected chi connectivity index (χ3v) is 2.62. The van der Waals surface area contributed by atoms with E-state index in [1.807, 2.05) is 0 Å². The molecule has 1 aromatic heterocycles. The fraction of sp³-hybridized carbons (Fsp3) is 0.600. The lowest BCUT2D eigenvalue weighted by Crippen LogP contribution is -2.32. The van der Waals surface area contributed by atoms with E-state index in [1.165, 1.54) is 0 Å². The van der Waals surface area contributed by atoms with E-state index in [0.717, 1.165) is 31.6 Å². The molecule has 1 unspecified atom stereocenters. The number of H-pyrrole nitrogens is 1. The van der Waals surface area contributed by atoms with Gasteiger partial charge in [0, 0.05) is 37.4 Å². The second kappa shape index (κ2) is 4.93. The van der Waals surface area contributed by atoms with Gasteiger partial charge in [-0.25, -0.2) is 4.98 Å². The molecule has 82 valence electrons. The van der Waals surface area contributed by atoms with Crippen molar-refractivity contribution in [1.82, 2.24) is 20.6 Å². The van der Waals surface area contributed by atoms with Gasteiger partial charge in [0.1, 0.15) is 0 Å². The molecule has 1 amide bonds. The van der Waals surface area contributed by atoms with Crippen molar-refractivity contribution < 1.29 is 4.79 Å². The molecular formula is C10H16N4O. The van der Waals surface area contributed by atoms with Crippen molar-refractivity contribution in [3.8, 4) is 0 Å². The molecule has 1 atom stereocenters. The number of nitrogens with one attached hydrogen (secondary N) is 3. The molecule has 1 aliphatic heterocycles. The van der Waals surface area contributed by atoms with Crippen LogP contribution >= 0.6 is 0 Å². The number of hydrogen-bond donors (Lipinski definition) is 3. The van der Waals surface area contributed by atoms with E-state index in [1.54, 1.807) is 12.5 Å². The zero-order chi connectivity index (χ0) is 10.5. The van der Waals surface area contributed by atoms with Crippen molar-refractivity contribution in [2.24, 2.45) is 0 Å². The topological polar surface area (TPSA) is 69.8 Å². The number of nitrogens with zero attached hydrogens (tertiary/aromatic N) is 1. The van der Waals surface area contributed by atoms with Crippen molar-refractivity contribution in [1.29, 1.82) is 0 Å². The monoisotopic (exact) mass is 208 g/mol. The molecule has 1 saturated heterocycles. The van der Waals surface area contributed by atoms with Crippen LogP contribution in [0.5, 0.6) is 0 Å². The van der Waals surface area contributed by atoms with E-state index in [4.69, 9.17) is 0 Å². The maximum atomic E-state index is 11.3. The number of aromatic nitrogens is 2. The number of hydrogen-bond acceptors (Lipinski definition) is 3. The molecule has 2 rings (SSSR count). The summed E-state index contributed by atoms with van der Waals surface area (Å²) in [6.07, 6.45) is 6.13. The van der Waals surface area contributed by atoms with Crippen molar-refractivity contribution in [3.63, 3.8) is 0 Å². The SMILES string of the molecule is O=C1CC(NCc2cnc[nH]2)CCCN1. The van der Waals surface area contributed by atoms with Gasteiger partial charge in [0.15, 0.2) is 0 Å². The number of amides is 1. The normalized spacial score (nSPS) is 22.1. The van der Waals surface area contributed by atoms with E-state index in [9.17, 15) is 4.79 Å². The van der Waals surface area contributed by atoms with E-state index >= 15 is 0 Å².